The number of fused-ring (bicyclic) bond motifs is 1. The molecule has 1 saturated heterocycles. The zero-order valence-corrected chi connectivity index (χ0v) is 15.9. The third-order valence-electron chi connectivity index (χ3n) is 5.34. The van der Waals surface area contributed by atoms with E-state index < -0.39 is 6.98 Å². The van der Waals surface area contributed by atoms with Gasteiger partial charge in [-0.3, -0.25) is 14.6 Å². The van der Waals surface area contributed by atoms with E-state index in [0.29, 0.717) is 25.2 Å². The van der Waals surface area contributed by atoms with Gasteiger partial charge in [0.1, 0.15) is 0 Å². The SMILES string of the molecule is [2H]C([2H])([2H])N(c1cncc(-c2ccc3c(ccc(=O)n3C)c2)c1)C1CN(C(=O)CC)C1. The van der Waals surface area contributed by atoms with Gasteiger partial charge in [0.25, 0.3) is 5.56 Å². The molecular formula is C22H24N4O2. The first kappa shape index (κ1) is 14.9. The summed E-state index contributed by atoms with van der Waals surface area (Å²) in [7, 11) is 1.73. The molecule has 0 saturated carbocycles. The van der Waals surface area contributed by atoms with Gasteiger partial charge in [-0.05, 0) is 35.2 Å². The fraction of sp³-hybridized carbons (Fsp3) is 0.318. The van der Waals surface area contributed by atoms with Crippen LogP contribution < -0.4 is 10.5 Å². The molecule has 0 radical (unpaired) electrons. The van der Waals surface area contributed by atoms with E-state index in [1.54, 1.807) is 41.9 Å². The number of likely N-dealkylation sites (N-methyl/N-ethyl adjacent to an activating group) is 1. The van der Waals surface area contributed by atoms with E-state index in [-0.39, 0.29) is 17.5 Å². The van der Waals surface area contributed by atoms with Gasteiger partial charge >= 0.3 is 0 Å². The zero-order chi connectivity index (χ0) is 22.3. The summed E-state index contributed by atoms with van der Waals surface area (Å²) in [5.41, 5.74) is 2.89. The summed E-state index contributed by atoms with van der Waals surface area (Å²) in [5.74, 6) is 0.0270. The zero-order valence-electron chi connectivity index (χ0n) is 18.9. The van der Waals surface area contributed by atoms with Crippen molar-refractivity contribution in [1.29, 1.82) is 0 Å². The molecule has 3 aromatic rings. The van der Waals surface area contributed by atoms with E-state index in [2.05, 4.69) is 4.98 Å². The van der Waals surface area contributed by atoms with Crippen molar-refractivity contribution in [3.05, 3.63) is 59.1 Å². The molecule has 1 aromatic carbocycles. The van der Waals surface area contributed by atoms with E-state index >= 15 is 0 Å². The molecule has 2 aromatic heterocycles. The smallest absolute Gasteiger partial charge is 0.250 e. The highest BCUT2D eigenvalue weighted by molar-refractivity contribution is 5.85. The van der Waals surface area contributed by atoms with Gasteiger partial charge in [-0.1, -0.05) is 13.0 Å². The Kier molecular flexibility index (Phi) is 3.77. The Morgan fingerprint density at radius 3 is 2.79 bits per heavy atom. The predicted molar refractivity (Wildman–Crippen MR) is 111 cm³/mol. The number of pyridine rings is 2. The van der Waals surface area contributed by atoms with Crippen LogP contribution in [0.15, 0.2) is 53.6 Å². The van der Waals surface area contributed by atoms with Crippen molar-refractivity contribution in [2.45, 2.75) is 19.4 Å². The number of hydrogen-bond donors (Lipinski definition) is 0. The number of carbonyl (C=O) groups excluding carboxylic acids is 1. The Hall–Kier alpha value is -3.15. The van der Waals surface area contributed by atoms with Crippen molar-refractivity contribution in [3.63, 3.8) is 0 Å². The third-order valence-corrected chi connectivity index (χ3v) is 5.34. The molecule has 1 aliphatic heterocycles. The Morgan fingerprint density at radius 2 is 2.04 bits per heavy atom. The summed E-state index contributed by atoms with van der Waals surface area (Å²) < 4.78 is 25.7. The molecule has 0 aliphatic carbocycles. The Labute approximate surface area is 168 Å². The van der Waals surface area contributed by atoms with Crippen LogP contribution in [0.4, 0.5) is 5.69 Å². The van der Waals surface area contributed by atoms with Gasteiger partial charge in [-0.15, -0.1) is 0 Å². The van der Waals surface area contributed by atoms with Gasteiger partial charge in [0.05, 0.1) is 23.4 Å². The number of aryl methyl sites for hydroxylation is 1. The predicted octanol–water partition coefficient (Wildman–Crippen LogP) is 2.66. The van der Waals surface area contributed by atoms with Crippen LogP contribution in [0.3, 0.4) is 0 Å². The lowest BCUT2D eigenvalue weighted by atomic mass is 10.0. The molecule has 0 bridgehead atoms. The second-order valence-corrected chi connectivity index (χ2v) is 7.11. The Balaban J connectivity index is 1.68. The number of hydrogen-bond acceptors (Lipinski definition) is 4. The number of anilines is 1. The molecule has 1 fully saturated rings. The number of nitrogens with zero attached hydrogens (tertiary/aromatic N) is 4. The first-order chi connectivity index (χ1) is 14.7. The molecule has 0 N–H and O–H groups in total. The molecule has 1 amide bonds. The van der Waals surface area contributed by atoms with Crippen LogP contribution in [-0.2, 0) is 11.8 Å². The molecular weight excluding hydrogens is 352 g/mol. The van der Waals surface area contributed by atoms with Crippen LogP contribution in [0.25, 0.3) is 22.0 Å². The summed E-state index contributed by atoms with van der Waals surface area (Å²) in [6.45, 7) is 0.221. The number of benzene rings is 1. The second kappa shape index (κ2) is 7.11. The number of carbonyl (C=O) groups is 1. The van der Waals surface area contributed by atoms with Crippen molar-refractivity contribution in [2.75, 3.05) is 25.0 Å². The molecule has 4 rings (SSSR count). The lowest BCUT2D eigenvalue weighted by Gasteiger charge is -2.44. The van der Waals surface area contributed by atoms with Gasteiger partial charge < -0.3 is 14.4 Å². The van der Waals surface area contributed by atoms with Crippen molar-refractivity contribution >= 4 is 22.5 Å². The van der Waals surface area contributed by atoms with Crippen molar-refractivity contribution < 1.29 is 8.91 Å². The lowest BCUT2D eigenvalue weighted by Crippen LogP contribution is -2.60. The minimum absolute atomic E-state index is 0.0270. The van der Waals surface area contributed by atoms with Crippen molar-refractivity contribution in [3.8, 4) is 11.1 Å². The summed E-state index contributed by atoms with van der Waals surface area (Å²) >= 11 is 0. The number of likely N-dealkylation sites (tertiary alicyclic amines) is 1. The molecule has 6 heteroatoms. The number of aromatic nitrogens is 2. The van der Waals surface area contributed by atoms with E-state index in [1.807, 2.05) is 24.3 Å². The molecule has 28 heavy (non-hydrogen) atoms. The minimum Gasteiger partial charge on any atom is -0.367 e. The number of rotatable bonds is 4. The van der Waals surface area contributed by atoms with Gasteiger partial charge in [-0.2, -0.15) is 0 Å². The van der Waals surface area contributed by atoms with Gasteiger partial charge in [-0.25, -0.2) is 0 Å². The summed E-state index contributed by atoms with van der Waals surface area (Å²) in [4.78, 5) is 31.1. The summed E-state index contributed by atoms with van der Waals surface area (Å²) in [5, 5.41) is 0.908. The summed E-state index contributed by atoms with van der Waals surface area (Å²) in [6.07, 6.45) is 3.65. The molecule has 0 unspecified atom stereocenters. The highest BCUT2D eigenvalue weighted by Gasteiger charge is 2.32. The monoisotopic (exact) mass is 379 g/mol. The highest BCUT2D eigenvalue weighted by atomic mass is 16.2. The van der Waals surface area contributed by atoms with Crippen molar-refractivity contribution in [2.24, 2.45) is 7.05 Å². The maximum absolute atomic E-state index is 11.9. The molecule has 6 nitrogen and oxygen atoms in total. The maximum atomic E-state index is 11.9. The van der Waals surface area contributed by atoms with Gasteiger partial charge in [0.15, 0.2) is 0 Å². The fourth-order valence-corrected chi connectivity index (χ4v) is 3.54. The molecule has 0 spiro atoms. The normalized spacial score (nSPS) is 16.2. The highest BCUT2D eigenvalue weighted by Crippen LogP contribution is 2.28. The molecule has 1 aliphatic rings. The van der Waals surface area contributed by atoms with E-state index in [0.717, 1.165) is 22.0 Å². The molecule has 0 atom stereocenters. The molecule has 144 valence electrons. The fourth-order valence-electron chi connectivity index (χ4n) is 3.54. The first-order valence-corrected chi connectivity index (χ1v) is 9.31. The minimum atomic E-state index is -2.35. The second-order valence-electron chi connectivity index (χ2n) is 7.11. The Morgan fingerprint density at radius 1 is 1.21 bits per heavy atom. The molecule has 3 heterocycles. The topological polar surface area (TPSA) is 58.4 Å². The van der Waals surface area contributed by atoms with Crippen LogP contribution in [0.1, 0.15) is 17.5 Å². The van der Waals surface area contributed by atoms with Crippen molar-refractivity contribution in [1.82, 2.24) is 14.5 Å². The van der Waals surface area contributed by atoms with E-state index in [4.69, 9.17) is 4.11 Å². The quantitative estimate of drug-likeness (QED) is 0.699. The van der Waals surface area contributed by atoms with Crippen LogP contribution in [0, 0.1) is 0 Å². The average molecular weight is 379 g/mol. The third kappa shape index (κ3) is 3.15. The Bertz CT molecular complexity index is 1200. The van der Waals surface area contributed by atoms with Crippen LogP contribution >= 0.6 is 0 Å². The van der Waals surface area contributed by atoms with Gasteiger partial charge in [0.2, 0.25) is 5.91 Å². The number of amides is 1. The standard InChI is InChI=1S/C22H24N4O2/c1-4-21(27)26-13-19(14-26)24(2)18-10-17(11-23-12-18)15-5-7-20-16(9-15)6-8-22(28)25(20)3/h5-12,19H,4,13-14H2,1-3H3/i2D3. The van der Waals surface area contributed by atoms with Crippen LogP contribution in [0.2, 0.25) is 0 Å². The van der Waals surface area contributed by atoms with Gasteiger partial charge in [0, 0.05) is 55.5 Å². The maximum Gasteiger partial charge on any atom is 0.250 e. The van der Waals surface area contributed by atoms with Crippen LogP contribution in [0.5, 0.6) is 0 Å². The average Bonchev–Trinajstić information content (AvgIpc) is 2.71. The largest absolute Gasteiger partial charge is 0.367 e. The van der Waals surface area contributed by atoms with E-state index in [9.17, 15) is 9.59 Å². The first-order valence-electron chi connectivity index (χ1n) is 10.8. The van der Waals surface area contributed by atoms with E-state index in [1.165, 1.54) is 11.0 Å². The van der Waals surface area contributed by atoms with Crippen LogP contribution in [-0.4, -0.2) is 46.5 Å². The summed E-state index contributed by atoms with van der Waals surface area (Å²) in [6, 6.07) is 10.6. The lowest BCUT2D eigenvalue weighted by molar-refractivity contribution is -0.135.